The van der Waals surface area contributed by atoms with Crippen molar-refractivity contribution in [2.45, 2.75) is 46.5 Å². The van der Waals surface area contributed by atoms with Gasteiger partial charge in [0, 0.05) is 32.7 Å². The van der Waals surface area contributed by atoms with Crippen LogP contribution >= 0.6 is 0 Å². The maximum Gasteiger partial charge on any atom is 0.251 e. The number of hydrogen-bond donors (Lipinski definition) is 3. The highest BCUT2D eigenvalue weighted by Crippen LogP contribution is 2.21. The van der Waals surface area contributed by atoms with Crippen molar-refractivity contribution >= 4 is 11.9 Å². The molecule has 0 fully saturated rings. The summed E-state index contributed by atoms with van der Waals surface area (Å²) in [6.45, 7) is 8.54. The zero-order valence-corrected chi connectivity index (χ0v) is 16.4. The molecule has 0 bridgehead atoms. The van der Waals surface area contributed by atoms with Gasteiger partial charge in [0.05, 0.1) is 0 Å². The number of nitrogens with zero attached hydrogens (tertiary/aromatic N) is 1. The van der Waals surface area contributed by atoms with E-state index in [1.54, 1.807) is 14.1 Å². The molecular weight excluding hydrogens is 312 g/mol. The topological polar surface area (TPSA) is 65.5 Å². The third-order valence-corrected chi connectivity index (χ3v) is 3.99. The second kappa shape index (κ2) is 10.7. The lowest BCUT2D eigenvalue weighted by molar-refractivity contribution is 0.0963. The van der Waals surface area contributed by atoms with Crippen LogP contribution in [0.15, 0.2) is 29.3 Å². The second-order valence-electron chi connectivity index (χ2n) is 7.47. The molecule has 1 aromatic rings. The molecule has 5 heteroatoms. The van der Waals surface area contributed by atoms with Gasteiger partial charge in [-0.1, -0.05) is 39.3 Å². The Morgan fingerprint density at radius 2 is 1.84 bits per heavy atom. The third-order valence-electron chi connectivity index (χ3n) is 3.99. The summed E-state index contributed by atoms with van der Waals surface area (Å²) in [5.74, 6) is 0.778. The number of carbonyl (C=O) groups is 1. The van der Waals surface area contributed by atoms with Crippen molar-refractivity contribution in [2.24, 2.45) is 10.4 Å². The van der Waals surface area contributed by atoms with Crippen LogP contribution in [-0.4, -0.2) is 39.1 Å². The van der Waals surface area contributed by atoms with E-state index in [0.717, 1.165) is 37.5 Å². The van der Waals surface area contributed by atoms with Crippen LogP contribution in [0.5, 0.6) is 0 Å². The molecule has 0 saturated carbocycles. The number of amides is 1. The quantitative estimate of drug-likeness (QED) is 0.385. The summed E-state index contributed by atoms with van der Waals surface area (Å²) in [7, 11) is 3.43. The highest BCUT2D eigenvalue weighted by Gasteiger charge is 2.09. The minimum absolute atomic E-state index is 0.0532. The average molecular weight is 347 g/mol. The molecule has 3 N–H and O–H groups in total. The van der Waals surface area contributed by atoms with Gasteiger partial charge in [0.1, 0.15) is 0 Å². The molecule has 0 aliphatic rings. The number of guanidine groups is 1. The Balaban J connectivity index is 2.30. The van der Waals surface area contributed by atoms with Gasteiger partial charge >= 0.3 is 0 Å². The van der Waals surface area contributed by atoms with Crippen LogP contribution in [0.2, 0.25) is 0 Å². The maximum absolute atomic E-state index is 11.7. The summed E-state index contributed by atoms with van der Waals surface area (Å²) in [6.07, 6.45) is 4.45. The zero-order chi connectivity index (χ0) is 18.7. The van der Waals surface area contributed by atoms with Gasteiger partial charge in [-0.3, -0.25) is 9.79 Å². The molecule has 0 aliphatic carbocycles. The smallest absolute Gasteiger partial charge is 0.251 e. The molecule has 0 radical (unpaired) electrons. The molecule has 1 aromatic carbocycles. The number of rotatable bonds is 8. The molecule has 1 rings (SSSR count). The first-order valence-corrected chi connectivity index (χ1v) is 9.11. The SMILES string of the molecule is CN=C(NCCCCC(C)(C)C)NCCc1cccc(C(=O)NC)c1. The molecule has 140 valence electrons. The van der Waals surface area contributed by atoms with E-state index in [4.69, 9.17) is 0 Å². The van der Waals surface area contributed by atoms with E-state index >= 15 is 0 Å². The standard InChI is InChI=1S/C20H34N4O/c1-20(2,3)12-6-7-13-23-19(22-5)24-14-11-16-9-8-10-17(15-16)18(25)21-4/h8-10,15H,6-7,11-14H2,1-5H3,(H,21,25)(H2,22,23,24). The third kappa shape index (κ3) is 9.13. The van der Waals surface area contributed by atoms with E-state index in [-0.39, 0.29) is 5.91 Å². The van der Waals surface area contributed by atoms with Crippen molar-refractivity contribution in [3.8, 4) is 0 Å². The summed E-state index contributed by atoms with van der Waals surface area (Å²) >= 11 is 0. The Hall–Kier alpha value is -2.04. The summed E-state index contributed by atoms with van der Waals surface area (Å²) in [6, 6.07) is 7.72. The predicted octanol–water partition coefficient (Wildman–Crippen LogP) is 2.97. The van der Waals surface area contributed by atoms with Gasteiger partial charge in [-0.05, 0) is 42.4 Å². The molecule has 0 aromatic heterocycles. The first-order valence-electron chi connectivity index (χ1n) is 9.11. The summed E-state index contributed by atoms with van der Waals surface area (Å²) in [4.78, 5) is 15.9. The Kier molecular flexibility index (Phi) is 9.03. The Morgan fingerprint density at radius 3 is 2.48 bits per heavy atom. The number of carbonyl (C=O) groups excluding carboxylic acids is 1. The van der Waals surface area contributed by atoms with Crippen molar-refractivity contribution in [1.82, 2.24) is 16.0 Å². The molecule has 1 amide bonds. The van der Waals surface area contributed by atoms with E-state index in [0.29, 0.717) is 11.0 Å². The summed E-state index contributed by atoms with van der Waals surface area (Å²) in [5.41, 5.74) is 2.24. The van der Waals surface area contributed by atoms with Crippen LogP contribution < -0.4 is 16.0 Å². The number of nitrogens with one attached hydrogen (secondary N) is 3. The van der Waals surface area contributed by atoms with E-state index < -0.39 is 0 Å². The number of aliphatic imine (C=N–C) groups is 1. The van der Waals surface area contributed by atoms with Crippen molar-refractivity contribution in [2.75, 3.05) is 27.2 Å². The van der Waals surface area contributed by atoms with Crippen LogP contribution in [0.3, 0.4) is 0 Å². The molecular formula is C20H34N4O. The van der Waals surface area contributed by atoms with E-state index in [2.05, 4.69) is 41.7 Å². The van der Waals surface area contributed by atoms with Gasteiger partial charge in [0.25, 0.3) is 5.91 Å². The lowest BCUT2D eigenvalue weighted by atomic mass is 9.90. The van der Waals surface area contributed by atoms with Gasteiger partial charge in [0.15, 0.2) is 5.96 Å². The Labute approximate surface area is 152 Å². The Bertz CT molecular complexity index is 561. The van der Waals surface area contributed by atoms with E-state index in [1.165, 1.54) is 12.8 Å². The maximum atomic E-state index is 11.7. The summed E-state index contributed by atoms with van der Waals surface area (Å²) < 4.78 is 0. The number of unbranched alkanes of at least 4 members (excludes halogenated alkanes) is 1. The first kappa shape index (κ1) is 21.0. The van der Waals surface area contributed by atoms with Crippen molar-refractivity contribution in [1.29, 1.82) is 0 Å². The van der Waals surface area contributed by atoms with Gasteiger partial charge in [0.2, 0.25) is 0 Å². The number of benzene rings is 1. The van der Waals surface area contributed by atoms with Crippen LogP contribution in [0, 0.1) is 5.41 Å². The van der Waals surface area contributed by atoms with Crippen LogP contribution in [0.1, 0.15) is 56.0 Å². The van der Waals surface area contributed by atoms with Crippen LogP contribution in [0.25, 0.3) is 0 Å². The van der Waals surface area contributed by atoms with Gasteiger partial charge in [-0.2, -0.15) is 0 Å². The largest absolute Gasteiger partial charge is 0.356 e. The highest BCUT2D eigenvalue weighted by atomic mass is 16.1. The fraction of sp³-hybridized carbons (Fsp3) is 0.600. The molecule has 0 aliphatic heterocycles. The molecule has 0 spiro atoms. The van der Waals surface area contributed by atoms with E-state index in [1.807, 2.05) is 24.3 Å². The molecule has 25 heavy (non-hydrogen) atoms. The first-order chi connectivity index (χ1) is 11.9. The monoisotopic (exact) mass is 346 g/mol. The number of hydrogen-bond acceptors (Lipinski definition) is 2. The molecule has 0 saturated heterocycles. The molecule has 0 atom stereocenters. The second-order valence-corrected chi connectivity index (χ2v) is 7.47. The fourth-order valence-corrected chi connectivity index (χ4v) is 2.55. The minimum Gasteiger partial charge on any atom is -0.356 e. The van der Waals surface area contributed by atoms with Crippen molar-refractivity contribution in [3.63, 3.8) is 0 Å². The van der Waals surface area contributed by atoms with Crippen molar-refractivity contribution in [3.05, 3.63) is 35.4 Å². The van der Waals surface area contributed by atoms with Crippen molar-refractivity contribution < 1.29 is 4.79 Å². The fourth-order valence-electron chi connectivity index (χ4n) is 2.55. The van der Waals surface area contributed by atoms with Gasteiger partial charge < -0.3 is 16.0 Å². The normalized spacial score (nSPS) is 12.0. The van der Waals surface area contributed by atoms with Crippen LogP contribution in [-0.2, 0) is 6.42 Å². The molecule has 5 nitrogen and oxygen atoms in total. The highest BCUT2D eigenvalue weighted by molar-refractivity contribution is 5.94. The summed E-state index contributed by atoms with van der Waals surface area (Å²) in [5, 5.41) is 9.33. The lowest BCUT2D eigenvalue weighted by Crippen LogP contribution is -2.38. The average Bonchev–Trinajstić information content (AvgIpc) is 2.58. The van der Waals surface area contributed by atoms with Gasteiger partial charge in [-0.15, -0.1) is 0 Å². The minimum atomic E-state index is -0.0532. The van der Waals surface area contributed by atoms with E-state index in [9.17, 15) is 4.79 Å². The zero-order valence-electron chi connectivity index (χ0n) is 16.4. The molecule has 0 heterocycles. The Morgan fingerprint density at radius 1 is 1.12 bits per heavy atom. The van der Waals surface area contributed by atoms with Crippen LogP contribution in [0.4, 0.5) is 0 Å². The lowest BCUT2D eigenvalue weighted by Gasteiger charge is -2.18. The van der Waals surface area contributed by atoms with Gasteiger partial charge in [-0.25, -0.2) is 0 Å². The predicted molar refractivity (Wildman–Crippen MR) is 106 cm³/mol. The molecule has 0 unspecified atom stereocenters.